The maximum absolute atomic E-state index is 12.4. The number of anilines is 1. The van der Waals surface area contributed by atoms with Crippen LogP contribution in [0.4, 0.5) is 5.69 Å². The van der Waals surface area contributed by atoms with Gasteiger partial charge in [-0.25, -0.2) is 14.3 Å². The number of hydrogen-bond acceptors (Lipinski definition) is 6. The summed E-state index contributed by atoms with van der Waals surface area (Å²) in [6.07, 6.45) is 4.75. The van der Waals surface area contributed by atoms with Crippen molar-refractivity contribution in [2.24, 2.45) is 7.05 Å². The van der Waals surface area contributed by atoms with Gasteiger partial charge in [-0.2, -0.15) is 10.2 Å². The number of benzene rings is 1. The molecule has 1 amide bonds. The molecule has 29 heavy (non-hydrogen) atoms. The lowest BCUT2D eigenvalue weighted by Crippen LogP contribution is -2.13. The number of fused-ring (bicyclic) bond motifs is 1. The minimum absolute atomic E-state index is 0.272. The molecule has 0 atom stereocenters. The highest BCUT2D eigenvalue weighted by Crippen LogP contribution is 2.24. The van der Waals surface area contributed by atoms with Crippen LogP contribution in [0.2, 0.25) is 0 Å². The van der Waals surface area contributed by atoms with E-state index < -0.39 is 5.97 Å². The average Bonchev–Trinajstić information content (AvgIpc) is 3.34. The summed E-state index contributed by atoms with van der Waals surface area (Å²) >= 11 is 0. The molecule has 3 aromatic heterocycles. The molecule has 0 unspecified atom stereocenters. The molecule has 4 aromatic rings. The van der Waals surface area contributed by atoms with E-state index in [9.17, 15) is 9.59 Å². The number of aryl methyl sites for hydroxylation is 1. The van der Waals surface area contributed by atoms with Crippen molar-refractivity contribution in [1.29, 1.82) is 0 Å². The molecule has 0 spiro atoms. The van der Waals surface area contributed by atoms with Gasteiger partial charge in [-0.15, -0.1) is 0 Å². The van der Waals surface area contributed by atoms with Crippen LogP contribution in [0.5, 0.6) is 0 Å². The monoisotopic (exact) mass is 390 g/mol. The molecule has 0 saturated carbocycles. The average molecular weight is 390 g/mol. The number of ether oxygens (including phenoxy) is 1. The molecule has 0 aliphatic heterocycles. The van der Waals surface area contributed by atoms with Gasteiger partial charge in [0.25, 0.3) is 5.91 Å². The van der Waals surface area contributed by atoms with Gasteiger partial charge in [0.1, 0.15) is 5.56 Å². The Morgan fingerprint density at radius 3 is 2.83 bits per heavy atom. The van der Waals surface area contributed by atoms with Gasteiger partial charge >= 0.3 is 5.97 Å². The van der Waals surface area contributed by atoms with Crippen molar-refractivity contribution >= 4 is 23.2 Å². The molecule has 0 radical (unpaired) electrons. The van der Waals surface area contributed by atoms with Crippen LogP contribution in [-0.4, -0.2) is 42.9 Å². The van der Waals surface area contributed by atoms with E-state index in [0.29, 0.717) is 22.6 Å². The number of esters is 1. The van der Waals surface area contributed by atoms with Crippen LogP contribution in [-0.2, 0) is 11.8 Å². The topological polar surface area (TPSA) is 103 Å². The third-order valence-electron chi connectivity index (χ3n) is 4.26. The summed E-state index contributed by atoms with van der Waals surface area (Å²) in [6.45, 7) is 2.01. The quantitative estimate of drug-likeness (QED) is 0.525. The standard InChI is InChI=1S/C20H18N6O3/c1-3-29-20(28)15-12-22-26-17(7-9-21-18(15)26)13-5-4-6-14(11-13)23-19(27)16-8-10-25(2)24-16/h4-12H,3H2,1-2H3,(H,23,27). The Morgan fingerprint density at radius 1 is 1.21 bits per heavy atom. The van der Waals surface area contributed by atoms with E-state index in [0.717, 1.165) is 11.3 Å². The van der Waals surface area contributed by atoms with Gasteiger partial charge < -0.3 is 10.1 Å². The first-order valence-corrected chi connectivity index (χ1v) is 8.98. The second-order valence-corrected chi connectivity index (χ2v) is 6.25. The maximum Gasteiger partial charge on any atom is 0.343 e. The first kappa shape index (κ1) is 18.4. The molecule has 1 N–H and O–H groups in total. The third kappa shape index (κ3) is 3.57. The van der Waals surface area contributed by atoms with E-state index in [1.165, 1.54) is 6.20 Å². The minimum atomic E-state index is -0.469. The lowest BCUT2D eigenvalue weighted by Gasteiger charge is -2.08. The number of nitrogens with one attached hydrogen (secondary N) is 1. The van der Waals surface area contributed by atoms with E-state index >= 15 is 0 Å². The van der Waals surface area contributed by atoms with E-state index in [2.05, 4.69) is 20.5 Å². The zero-order chi connectivity index (χ0) is 20.4. The van der Waals surface area contributed by atoms with Crippen molar-refractivity contribution < 1.29 is 14.3 Å². The number of carbonyl (C=O) groups excluding carboxylic acids is 2. The second-order valence-electron chi connectivity index (χ2n) is 6.25. The molecule has 4 rings (SSSR count). The van der Waals surface area contributed by atoms with Gasteiger partial charge in [-0.05, 0) is 31.2 Å². The van der Waals surface area contributed by atoms with Gasteiger partial charge in [-0.1, -0.05) is 12.1 Å². The van der Waals surface area contributed by atoms with Crippen LogP contribution >= 0.6 is 0 Å². The van der Waals surface area contributed by atoms with Crippen LogP contribution in [0, 0.1) is 0 Å². The second kappa shape index (κ2) is 7.55. The van der Waals surface area contributed by atoms with Crippen molar-refractivity contribution in [3.63, 3.8) is 0 Å². The zero-order valence-corrected chi connectivity index (χ0v) is 15.9. The number of carbonyl (C=O) groups is 2. The SMILES string of the molecule is CCOC(=O)c1cnn2c(-c3cccc(NC(=O)c4ccn(C)n4)c3)ccnc12. The van der Waals surface area contributed by atoms with Crippen LogP contribution in [0.15, 0.2) is 55.0 Å². The summed E-state index contributed by atoms with van der Waals surface area (Å²) in [7, 11) is 1.75. The molecule has 0 fully saturated rings. The van der Waals surface area contributed by atoms with Crippen molar-refractivity contribution in [1.82, 2.24) is 24.4 Å². The maximum atomic E-state index is 12.4. The molecule has 146 valence electrons. The summed E-state index contributed by atoms with van der Waals surface area (Å²) in [5.74, 6) is -0.769. The molecule has 0 aliphatic rings. The van der Waals surface area contributed by atoms with E-state index in [1.54, 1.807) is 53.8 Å². The van der Waals surface area contributed by atoms with Gasteiger partial charge in [0.15, 0.2) is 11.3 Å². The number of hydrogen-bond donors (Lipinski definition) is 1. The number of amides is 1. The van der Waals surface area contributed by atoms with Crippen molar-refractivity contribution in [2.75, 3.05) is 11.9 Å². The Labute approximate surface area is 165 Å². The molecule has 3 heterocycles. The molecule has 0 aliphatic carbocycles. The van der Waals surface area contributed by atoms with Gasteiger partial charge in [-0.3, -0.25) is 9.48 Å². The minimum Gasteiger partial charge on any atom is -0.462 e. The highest BCUT2D eigenvalue weighted by molar-refractivity contribution is 6.03. The first-order chi connectivity index (χ1) is 14.1. The molecular weight excluding hydrogens is 372 g/mol. The van der Waals surface area contributed by atoms with Crippen molar-refractivity contribution in [3.8, 4) is 11.3 Å². The van der Waals surface area contributed by atoms with Gasteiger partial charge in [0, 0.05) is 30.7 Å². The lowest BCUT2D eigenvalue weighted by atomic mass is 10.1. The fourth-order valence-electron chi connectivity index (χ4n) is 2.95. The summed E-state index contributed by atoms with van der Waals surface area (Å²) in [6, 6.07) is 10.8. The summed E-state index contributed by atoms with van der Waals surface area (Å²) in [4.78, 5) is 28.7. The fourth-order valence-corrected chi connectivity index (χ4v) is 2.95. The lowest BCUT2D eigenvalue weighted by molar-refractivity contribution is 0.0528. The van der Waals surface area contributed by atoms with E-state index in [-0.39, 0.29) is 12.5 Å². The fraction of sp³-hybridized carbons (Fsp3) is 0.150. The first-order valence-electron chi connectivity index (χ1n) is 8.98. The summed E-state index contributed by atoms with van der Waals surface area (Å²) in [5.41, 5.74) is 3.17. The van der Waals surface area contributed by atoms with Crippen LogP contribution in [0.1, 0.15) is 27.8 Å². The van der Waals surface area contributed by atoms with Crippen molar-refractivity contribution in [3.05, 3.63) is 66.2 Å². The Balaban J connectivity index is 1.67. The molecular formula is C20H18N6O3. The Kier molecular flexibility index (Phi) is 4.78. The Hall–Kier alpha value is -4.01. The number of rotatable bonds is 5. The van der Waals surface area contributed by atoms with Crippen LogP contribution < -0.4 is 5.32 Å². The normalized spacial score (nSPS) is 10.8. The Morgan fingerprint density at radius 2 is 2.07 bits per heavy atom. The highest BCUT2D eigenvalue weighted by atomic mass is 16.5. The molecule has 0 saturated heterocycles. The Bertz CT molecular complexity index is 1210. The largest absolute Gasteiger partial charge is 0.462 e. The van der Waals surface area contributed by atoms with Crippen LogP contribution in [0.3, 0.4) is 0 Å². The van der Waals surface area contributed by atoms with E-state index in [4.69, 9.17) is 4.74 Å². The third-order valence-corrected chi connectivity index (χ3v) is 4.26. The zero-order valence-electron chi connectivity index (χ0n) is 15.9. The smallest absolute Gasteiger partial charge is 0.343 e. The molecule has 9 heteroatoms. The molecule has 9 nitrogen and oxygen atoms in total. The summed E-state index contributed by atoms with van der Waals surface area (Å²) < 4.78 is 8.20. The predicted octanol–water partition coefficient (Wildman–Crippen LogP) is 2.56. The van der Waals surface area contributed by atoms with E-state index in [1.807, 2.05) is 18.2 Å². The molecule has 1 aromatic carbocycles. The van der Waals surface area contributed by atoms with Gasteiger partial charge in [0.2, 0.25) is 0 Å². The van der Waals surface area contributed by atoms with Crippen LogP contribution in [0.25, 0.3) is 16.9 Å². The van der Waals surface area contributed by atoms with Gasteiger partial charge in [0.05, 0.1) is 18.5 Å². The van der Waals surface area contributed by atoms with Crippen molar-refractivity contribution in [2.45, 2.75) is 6.92 Å². The molecule has 0 bridgehead atoms. The summed E-state index contributed by atoms with van der Waals surface area (Å²) in [5, 5.41) is 11.2. The highest BCUT2D eigenvalue weighted by Gasteiger charge is 2.17. The number of aromatic nitrogens is 5. The number of nitrogens with zero attached hydrogens (tertiary/aromatic N) is 5. The predicted molar refractivity (Wildman–Crippen MR) is 106 cm³/mol.